The molecule has 2 nitrogen and oxygen atoms in total. The summed E-state index contributed by atoms with van der Waals surface area (Å²) >= 11 is 0. The molecule has 2 rings (SSSR count). The third-order valence-electron chi connectivity index (χ3n) is 2.75. The van der Waals surface area contributed by atoms with Crippen molar-refractivity contribution in [3.63, 3.8) is 0 Å². The summed E-state index contributed by atoms with van der Waals surface area (Å²) in [5.74, 6) is -1.30. The summed E-state index contributed by atoms with van der Waals surface area (Å²) < 4.78 is 26.9. The number of ketones is 1. The van der Waals surface area contributed by atoms with Crippen molar-refractivity contribution < 1.29 is 18.4 Å². The Bertz CT molecular complexity index is 606. The van der Waals surface area contributed by atoms with Crippen LogP contribution in [0.25, 0.3) is 0 Å². The molecular weight excluding hydrogens is 250 g/mol. The van der Waals surface area contributed by atoms with E-state index >= 15 is 0 Å². The van der Waals surface area contributed by atoms with E-state index < -0.39 is 17.8 Å². The average molecular weight is 260 g/mol. The SMILES string of the molecule is O=Cc1ccccc1C(F)C(=O)c1ccc(F)cc1. The van der Waals surface area contributed by atoms with Gasteiger partial charge in [0, 0.05) is 16.7 Å². The maximum atomic E-state index is 14.2. The van der Waals surface area contributed by atoms with Gasteiger partial charge in [-0.1, -0.05) is 24.3 Å². The summed E-state index contributed by atoms with van der Waals surface area (Å²) in [6.07, 6.45) is -1.44. The number of benzene rings is 2. The second-order valence-corrected chi connectivity index (χ2v) is 3.98. The van der Waals surface area contributed by atoms with Crippen LogP contribution in [0.4, 0.5) is 8.78 Å². The molecule has 0 N–H and O–H groups in total. The number of hydrogen-bond donors (Lipinski definition) is 0. The Kier molecular flexibility index (Phi) is 3.80. The number of alkyl halides is 1. The maximum Gasteiger partial charge on any atom is 0.201 e. The quantitative estimate of drug-likeness (QED) is 0.622. The zero-order valence-corrected chi connectivity index (χ0v) is 9.85. The monoisotopic (exact) mass is 260 g/mol. The summed E-state index contributed by atoms with van der Waals surface area (Å²) in [4.78, 5) is 22.7. The number of carbonyl (C=O) groups is 2. The van der Waals surface area contributed by atoms with Crippen molar-refractivity contribution >= 4 is 12.1 Å². The lowest BCUT2D eigenvalue weighted by Crippen LogP contribution is -2.10. The molecule has 1 unspecified atom stereocenters. The lowest BCUT2D eigenvalue weighted by molar-refractivity contribution is 0.0877. The van der Waals surface area contributed by atoms with E-state index in [1.165, 1.54) is 24.3 Å². The van der Waals surface area contributed by atoms with E-state index in [1.54, 1.807) is 12.1 Å². The number of halogens is 2. The molecule has 0 bridgehead atoms. The van der Waals surface area contributed by atoms with Crippen LogP contribution in [0.5, 0.6) is 0 Å². The molecule has 0 aromatic heterocycles. The van der Waals surface area contributed by atoms with Crippen molar-refractivity contribution in [2.75, 3.05) is 0 Å². The Labute approximate surface area is 108 Å². The minimum atomic E-state index is -1.94. The summed E-state index contributed by atoms with van der Waals surface area (Å²) in [6.45, 7) is 0. The minimum Gasteiger partial charge on any atom is -0.298 e. The Morgan fingerprint density at radius 3 is 2.32 bits per heavy atom. The van der Waals surface area contributed by atoms with Gasteiger partial charge in [0.1, 0.15) is 12.1 Å². The molecule has 0 spiro atoms. The third kappa shape index (κ3) is 2.73. The Balaban J connectivity index is 2.33. The predicted molar refractivity (Wildman–Crippen MR) is 66.4 cm³/mol. The van der Waals surface area contributed by atoms with Crippen LogP contribution in [0, 0.1) is 5.82 Å². The number of aldehydes is 1. The molecule has 0 aliphatic heterocycles. The topological polar surface area (TPSA) is 34.1 Å². The van der Waals surface area contributed by atoms with Crippen LogP contribution >= 0.6 is 0 Å². The molecule has 19 heavy (non-hydrogen) atoms. The third-order valence-corrected chi connectivity index (χ3v) is 2.75. The smallest absolute Gasteiger partial charge is 0.201 e. The zero-order chi connectivity index (χ0) is 13.8. The van der Waals surface area contributed by atoms with E-state index in [1.807, 2.05) is 0 Å². The first kappa shape index (κ1) is 13.1. The van der Waals surface area contributed by atoms with Crippen LogP contribution in [0.3, 0.4) is 0 Å². The first-order valence-corrected chi connectivity index (χ1v) is 5.61. The van der Waals surface area contributed by atoms with E-state index in [0.29, 0.717) is 6.29 Å². The highest BCUT2D eigenvalue weighted by atomic mass is 19.1. The summed E-state index contributed by atoms with van der Waals surface area (Å²) in [7, 11) is 0. The van der Waals surface area contributed by atoms with Crippen molar-refractivity contribution in [2.45, 2.75) is 6.17 Å². The molecule has 0 saturated carbocycles. The zero-order valence-electron chi connectivity index (χ0n) is 9.85. The fourth-order valence-electron chi connectivity index (χ4n) is 1.75. The lowest BCUT2D eigenvalue weighted by atomic mass is 9.97. The van der Waals surface area contributed by atoms with Crippen LogP contribution in [0.2, 0.25) is 0 Å². The first-order chi connectivity index (χ1) is 9.13. The van der Waals surface area contributed by atoms with Crippen molar-refractivity contribution in [2.24, 2.45) is 0 Å². The first-order valence-electron chi connectivity index (χ1n) is 5.61. The highest BCUT2D eigenvalue weighted by Crippen LogP contribution is 2.24. The van der Waals surface area contributed by atoms with Gasteiger partial charge in [-0.2, -0.15) is 0 Å². The Morgan fingerprint density at radius 1 is 1.05 bits per heavy atom. The summed E-state index contributed by atoms with van der Waals surface area (Å²) in [6, 6.07) is 10.6. The van der Waals surface area contributed by atoms with Crippen molar-refractivity contribution in [3.05, 3.63) is 71.0 Å². The van der Waals surface area contributed by atoms with Gasteiger partial charge < -0.3 is 0 Å². The van der Waals surface area contributed by atoms with Crippen molar-refractivity contribution in [1.82, 2.24) is 0 Å². The minimum absolute atomic E-state index is 0.0202. The normalized spacial score (nSPS) is 11.9. The van der Waals surface area contributed by atoms with Gasteiger partial charge in [0.05, 0.1) is 0 Å². The van der Waals surface area contributed by atoms with Gasteiger partial charge in [-0.25, -0.2) is 8.78 Å². The molecule has 0 saturated heterocycles. The molecule has 96 valence electrons. The maximum absolute atomic E-state index is 14.2. The molecule has 0 fully saturated rings. The number of hydrogen-bond acceptors (Lipinski definition) is 2. The fourth-order valence-corrected chi connectivity index (χ4v) is 1.75. The second kappa shape index (κ2) is 5.52. The fraction of sp³-hybridized carbons (Fsp3) is 0.0667. The van der Waals surface area contributed by atoms with Gasteiger partial charge in [0.2, 0.25) is 5.78 Å². The largest absolute Gasteiger partial charge is 0.298 e. The number of Topliss-reactive ketones (excluding diaryl/α,β-unsaturated/α-hetero) is 1. The van der Waals surface area contributed by atoms with E-state index in [0.717, 1.165) is 12.1 Å². The van der Waals surface area contributed by atoms with E-state index in [2.05, 4.69) is 0 Å². The van der Waals surface area contributed by atoms with Gasteiger partial charge >= 0.3 is 0 Å². The molecule has 4 heteroatoms. The van der Waals surface area contributed by atoms with Crippen LogP contribution in [-0.4, -0.2) is 12.1 Å². The highest BCUT2D eigenvalue weighted by molar-refractivity contribution is 6.01. The van der Waals surface area contributed by atoms with Crippen LogP contribution in [0.15, 0.2) is 48.5 Å². The molecule has 2 aromatic rings. The number of carbonyl (C=O) groups excluding carboxylic acids is 2. The van der Waals surface area contributed by atoms with Gasteiger partial charge in [0.15, 0.2) is 6.17 Å². The van der Waals surface area contributed by atoms with Gasteiger partial charge in [-0.15, -0.1) is 0 Å². The number of rotatable bonds is 4. The van der Waals surface area contributed by atoms with Crippen LogP contribution < -0.4 is 0 Å². The molecule has 0 aliphatic carbocycles. The Morgan fingerprint density at radius 2 is 1.68 bits per heavy atom. The Hall–Kier alpha value is -2.36. The standard InChI is InChI=1S/C15H10F2O2/c16-12-7-5-10(6-8-12)15(19)14(17)13-4-2-1-3-11(13)9-18/h1-9,14H. The van der Waals surface area contributed by atoms with E-state index in [-0.39, 0.29) is 16.7 Å². The predicted octanol–water partition coefficient (Wildman–Crippen LogP) is 3.53. The summed E-state index contributed by atoms with van der Waals surface area (Å²) in [5.41, 5.74) is 0.215. The molecule has 2 aromatic carbocycles. The lowest BCUT2D eigenvalue weighted by Gasteiger charge is -2.09. The van der Waals surface area contributed by atoms with Crippen molar-refractivity contribution in [3.8, 4) is 0 Å². The van der Waals surface area contributed by atoms with E-state index in [9.17, 15) is 18.4 Å². The van der Waals surface area contributed by atoms with Gasteiger partial charge in [-0.05, 0) is 24.3 Å². The average Bonchev–Trinajstić information content (AvgIpc) is 2.46. The van der Waals surface area contributed by atoms with Gasteiger partial charge in [-0.3, -0.25) is 9.59 Å². The molecular formula is C15H10F2O2. The molecule has 0 aliphatic rings. The highest BCUT2D eigenvalue weighted by Gasteiger charge is 2.23. The molecule has 0 radical (unpaired) electrons. The van der Waals surface area contributed by atoms with E-state index in [4.69, 9.17) is 0 Å². The van der Waals surface area contributed by atoms with Crippen LogP contribution in [-0.2, 0) is 0 Å². The molecule has 0 heterocycles. The van der Waals surface area contributed by atoms with Crippen LogP contribution in [0.1, 0.15) is 32.5 Å². The van der Waals surface area contributed by atoms with Crippen molar-refractivity contribution in [1.29, 1.82) is 0 Å². The second-order valence-electron chi connectivity index (χ2n) is 3.98. The molecule has 1 atom stereocenters. The summed E-state index contributed by atoms with van der Waals surface area (Å²) in [5, 5.41) is 0. The molecule has 0 amide bonds. The van der Waals surface area contributed by atoms with Gasteiger partial charge in [0.25, 0.3) is 0 Å².